The third kappa shape index (κ3) is 3.35. The van der Waals surface area contributed by atoms with Gasteiger partial charge in [-0.15, -0.1) is 0 Å². The lowest BCUT2D eigenvalue weighted by Crippen LogP contribution is -2.54. The molecule has 0 aromatic carbocycles. The molecule has 1 atom stereocenters. The first-order chi connectivity index (χ1) is 7.15. The fourth-order valence-corrected chi connectivity index (χ4v) is 1.29. The lowest BCUT2D eigenvalue weighted by molar-refractivity contribution is -0.356. The molecule has 0 aliphatic rings. The van der Waals surface area contributed by atoms with E-state index in [9.17, 15) is 35.5 Å². The molecule has 2 nitrogen and oxygen atoms in total. The van der Waals surface area contributed by atoms with E-state index in [2.05, 4.69) is 0 Å². The summed E-state index contributed by atoms with van der Waals surface area (Å²) in [5.74, 6) is -13.7. The van der Waals surface area contributed by atoms with Gasteiger partial charge >= 0.3 is 24.0 Å². The summed E-state index contributed by atoms with van der Waals surface area (Å²) < 4.78 is 83.2. The smallest absolute Gasteiger partial charge is 0.459 e. The largest absolute Gasteiger partial charge is 0.480 e. The molecule has 0 bridgehead atoms. The third-order valence-corrected chi connectivity index (χ3v) is 2.66. The molecule has 0 saturated heterocycles. The van der Waals surface area contributed by atoms with E-state index in [0.717, 1.165) is 22.6 Å². The van der Waals surface area contributed by atoms with Crippen molar-refractivity contribution in [3.05, 3.63) is 0 Å². The molecule has 0 rings (SSSR count). The highest BCUT2D eigenvalue weighted by atomic mass is 127. The molecule has 0 heterocycles. The van der Waals surface area contributed by atoms with Gasteiger partial charge in [0.2, 0.25) is 0 Å². The summed E-state index contributed by atoms with van der Waals surface area (Å²) in [5.41, 5.74) is 0. The van der Waals surface area contributed by atoms with Crippen molar-refractivity contribution in [2.75, 3.05) is 0 Å². The molecule has 10 heteroatoms. The van der Waals surface area contributed by atoms with E-state index in [-0.39, 0.29) is 0 Å². The lowest BCUT2D eigenvalue weighted by atomic mass is 9.98. The highest BCUT2D eigenvalue weighted by Crippen LogP contribution is 2.50. The Hall–Kier alpha value is -0.290. The first-order valence-electron chi connectivity index (χ1n) is 3.90. The predicted octanol–water partition coefficient (Wildman–Crippen LogP) is 3.49. The maximum Gasteiger partial charge on any atom is 0.459 e. The molecule has 0 radical (unpaired) electrons. The molecule has 1 N–H and O–H groups in total. The molecule has 17 heavy (non-hydrogen) atoms. The second-order valence-electron chi connectivity index (χ2n) is 3.46. The van der Waals surface area contributed by atoms with Crippen molar-refractivity contribution in [2.45, 2.75) is 34.8 Å². The van der Waals surface area contributed by atoms with Crippen LogP contribution in [-0.2, 0) is 4.79 Å². The minimum Gasteiger partial charge on any atom is -0.480 e. The Labute approximate surface area is 104 Å². The first-order valence-corrected chi connectivity index (χ1v) is 4.98. The molecule has 0 aromatic rings. The Kier molecular flexibility index (Phi) is 4.35. The van der Waals surface area contributed by atoms with Gasteiger partial charge in [-0.1, -0.05) is 22.6 Å². The van der Waals surface area contributed by atoms with Gasteiger partial charge < -0.3 is 5.11 Å². The Balaban J connectivity index is 5.24. The maximum atomic E-state index is 12.8. The molecular weight excluding hydrogens is 376 g/mol. The van der Waals surface area contributed by atoms with E-state index in [1.807, 2.05) is 0 Å². The van der Waals surface area contributed by atoms with Crippen molar-refractivity contribution in [2.24, 2.45) is 0 Å². The van der Waals surface area contributed by atoms with Crippen molar-refractivity contribution in [1.82, 2.24) is 0 Å². The highest BCUT2D eigenvalue weighted by Gasteiger charge is 2.73. The number of hydrogen-bond donors (Lipinski definition) is 1. The van der Waals surface area contributed by atoms with Crippen LogP contribution in [0.1, 0.15) is 13.3 Å². The third-order valence-electron chi connectivity index (χ3n) is 1.82. The zero-order valence-electron chi connectivity index (χ0n) is 8.09. The SMILES string of the molecule is CC(I)(CC(F)(F)C(F)(F)C(F)(F)F)C(=O)O. The molecule has 0 saturated carbocycles. The number of aliphatic carboxylic acids is 1. The lowest BCUT2D eigenvalue weighted by Gasteiger charge is -2.31. The van der Waals surface area contributed by atoms with Crippen LogP contribution >= 0.6 is 22.6 Å². The van der Waals surface area contributed by atoms with Crippen LogP contribution in [-0.4, -0.2) is 32.5 Å². The first kappa shape index (κ1) is 16.7. The number of carboxylic acid groups (broad SMARTS) is 1. The van der Waals surface area contributed by atoms with Crippen LogP contribution in [0.4, 0.5) is 30.7 Å². The molecule has 0 aromatic heterocycles. The fourth-order valence-electron chi connectivity index (χ4n) is 0.811. The summed E-state index contributed by atoms with van der Waals surface area (Å²) in [5, 5.41) is 8.41. The summed E-state index contributed by atoms with van der Waals surface area (Å²) >= 11 is 0.879. The van der Waals surface area contributed by atoms with Crippen LogP contribution in [0.25, 0.3) is 0 Å². The van der Waals surface area contributed by atoms with Gasteiger partial charge in [-0.05, 0) is 6.92 Å². The van der Waals surface area contributed by atoms with Crippen LogP contribution in [0.2, 0.25) is 0 Å². The minimum atomic E-state index is -6.44. The number of hydrogen-bond acceptors (Lipinski definition) is 1. The maximum absolute atomic E-state index is 12.8. The van der Waals surface area contributed by atoms with Gasteiger partial charge in [-0.3, -0.25) is 4.79 Å². The van der Waals surface area contributed by atoms with Gasteiger partial charge in [0.1, 0.15) is 3.42 Å². The predicted molar refractivity (Wildman–Crippen MR) is 50.6 cm³/mol. The van der Waals surface area contributed by atoms with E-state index in [1.54, 1.807) is 0 Å². The van der Waals surface area contributed by atoms with Gasteiger partial charge in [0.25, 0.3) is 0 Å². The van der Waals surface area contributed by atoms with Crippen LogP contribution in [0.3, 0.4) is 0 Å². The van der Waals surface area contributed by atoms with E-state index in [0.29, 0.717) is 6.92 Å². The van der Waals surface area contributed by atoms with Crippen LogP contribution in [0.5, 0.6) is 0 Å². The van der Waals surface area contributed by atoms with Gasteiger partial charge in [0.05, 0.1) is 0 Å². The van der Waals surface area contributed by atoms with Crippen LogP contribution in [0.15, 0.2) is 0 Å². The van der Waals surface area contributed by atoms with Gasteiger partial charge in [0.15, 0.2) is 0 Å². The fraction of sp³-hybridized carbons (Fsp3) is 0.857. The van der Waals surface area contributed by atoms with E-state index >= 15 is 0 Å². The number of carbonyl (C=O) groups is 1. The topological polar surface area (TPSA) is 37.3 Å². The van der Waals surface area contributed by atoms with Crippen molar-refractivity contribution >= 4 is 28.6 Å². The molecule has 102 valence electrons. The van der Waals surface area contributed by atoms with Gasteiger partial charge in [-0.2, -0.15) is 30.7 Å². The molecule has 0 aliphatic heterocycles. The summed E-state index contributed by atoms with van der Waals surface area (Å²) in [4.78, 5) is 10.4. The molecule has 0 amide bonds. The molecule has 0 spiro atoms. The van der Waals surface area contributed by atoms with Gasteiger partial charge in [-0.25, -0.2) is 0 Å². The standard InChI is InChI=1S/C7H6F7IO2/c1-4(15,3(16)17)2-5(8,9)6(10,11)7(12,13)14/h2H2,1H3,(H,16,17). The van der Waals surface area contributed by atoms with E-state index in [4.69, 9.17) is 5.11 Å². The summed E-state index contributed by atoms with van der Waals surface area (Å²) in [7, 11) is 0. The number of carboxylic acids is 1. The number of rotatable bonds is 4. The van der Waals surface area contributed by atoms with E-state index < -0.39 is 33.8 Å². The van der Waals surface area contributed by atoms with Gasteiger partial charge in [0, 0.05) is 6.42 Å². The Morgan fingerprint density at radius 3 is 1.71 bits per heavy atom. The van der Waals surface area contributed by atoms with Crippen LogP contribution < -0.4 is 0 Å². The molecule has 0 aliphatic carbocycles. The van der Waals surface area contributed by atoms with Crippen molar-refractivity contribution < 1.29 is 40.6 Å². The Bertz CT molecular complexity index is 310. The number of halogens is 8. The zero-order valence-corrected chi connectivity index (χ0v) is 10.2. The Morgan fingerprint density at radius 1 is 1.12 bits per heavy atom. The summed E-state index contributed by atoms with van der Waals surface area (Å²) in [6.07, 6.45) is -8.58. The second-order valence-corrected chi connectivity index (χ2v) is 5.84. The highest BCUT2D eigenvalue weighted by molar-refractivity contribution is 14.1. The van der Waals surface area contributed by atoms with Crippen LogP contribution in [0, 0.1) is 0 Å². The quantitative estimate of drug-likeness (QED) is 0.459. The minimum absolute atomic E-state index is 0.621. The Morgan fingerprint density at radius 2 is 1.47 bits per heavy atom. The molecule has 1 unspecified atom stereocenters. The average Bonchev–Trinajstić information content (AvgIpc) is 1.98. The normalized spacial score (nSPS) is 17.7. The average molecular weight is 382 g/mol. The summed E-state index contributed by atoms with van der Waals surface area (Å²) in [6, 6.07) is 0. The summed E-state index contributed by atoms with van der Waals surface area (Å²) in [6.45, 7) is 0.621. The number of alkyl halides is 8. The van der Waals surface area contributed by atoms with Crippen molar-refractivity contribution in [3.8, 4) is 0 Å². The zero-order chi connectivity index (χ0) is 14.3. The second kappa shape index (κ2) is 4.43. The monoisotopic (exact) mass is 382 g/mol. The van der Waals surface area contributed by atoms with Crippen molar-refractivity contribution in [1.29, 1.82) is 0 Å². The van der Waals surface area contributed by atoms with Crippen molar-refractivity contribution in [3.63, 3.8) is 0 Å². The molecular formula is C7H6F7IO2. The molecule has 0 fully saturated rings. The van der Waals surface area contributed by atoms with E-state index in [1.165, 1.54) is 0 Å².